The van der Waals surface area contributed by atoms with Gasteiger partial charge in [-0.25, -0.2) is 0 Å². The quantitative estimate of drug-likeness (QED) is 0.678. The molecule has 0 bridgehead atoms. The molecule has 0 saturated carbocycles. The maximum absolute atomic E-state index is 5.79. The van der Waals surface area contributed by atoms with Crippen molar-refractivity contribution in [3.63, 3.8) is 0 Å². The second-order valence-corrected chi connectivity index (χ2v) is 4.01. The third-order valence-electron chi connectivity index (χ3n) is 2.07. The third kappa shape index (κ3) is 4.20. The minimum absolute atomic E-state index is 0.846. The van der Waals surface area contributed by atoms with Crippen molar-refractivity contribution < 1.29 is 0 Å². The smallest absolute Gasteiger partial charge is 0.0350 e. The van der Waals surface area contributed by atoms with Gasteiger partial charge in [-0.15, -0.1) is 0 Å². The Kier molecular flexibility index (Phi) is 5.76. The molecule has 0 aliphatic rings. The fourth-order valence-corrected chi connectivity index (χ4v) is 1.33. The summed E-state index contributed by atoms with van der Waals surface area (Å²) in [6.07, 6.45) is 1.25. The molecule has 1 rings (SSSR count). The van der Waals surface area contributed by atoms with Gasteiger partial charge in [0.2, 0.25) is 0 Å². The lowest BCUT2D eigenvalue weighted by atomic mass is 9.99. The highest BCUT2D eigenvalue weighted by Gasteiger charge is 2.01. The molecule has 15 heavy (non-hydrogen) atoms. The first-order valence-corrected chi connectivity index (χ1v) is 5.46. The van der Waals surface area contributed by atoms with Crippen molar-refractivity contribution in [1.29, 1.82) is 0 Å². The van der Waals surface area contributed by atoms with E-state index in [2.05, 4.69) is 33.4 Å². The highest BCUT2D eigenvalue weighted by molar-refractivity contribution is 5.69. The molecule has 0 fully saturated rings. The maximum atomic E-state index is 5.79. The van der Waals surface area contributed by atoms with Crippen LogP contribution < -0.4 is 5.73 Å². The molecule has 0 unspecified atom stereocenters. The maximum Gasteiger partial charge on any atom is 0.0350 e. The summed E-state index contributed by atoms with van der Waals surface area (Å²) < 4.78 is 0. The molecular weight excluding hydrogens is 182 g/mol. The summed E-state index contributed by atoms with van der Waals surface area (Å²) in [5.74, 6) is 0. The standard InChI is InChI=1S/C11H15N.C3H8/c1-7(2)10-6-11(12)9(4)5-8(10)3;1-3-2/h5-6H,1,12H2,2-4H3;3H2,1-2H3. The van der Waals surface area contributed by atoms with Gasteiger partial charge >= 0.3 is 0 Å². The van der Waals surface area contributed by atoms with Crippen molar-refractivity contribution in [2.24, 2.45) is 0 Å². The van der Waals surface area contributed by atoms with Gasteiger partial charge in [0.25, 0.3) is 0 Å². The van der Waals surface area contributed by atoms with Gasteiger partial charge in [-0.05, 0) is 43.5 Å². The average molecular weight is 205 g/mol. The Balaban J connectivity index is 0.000000583. The van der Waals surface area contributed by atoms with Crippen LogP contribution in [0.2, 0.25) is 0 Å². The molecule has 0 aliphatic heterocycles. The predicted molar refractivity (Wildman–Crippen MR) is 71.0 cm³/mol. The van der Waals surface area contributed by atoms with Gasteiger partial charge in [-0.3, -0.25) is 0 Å². The first-order chi connectivity index (χ1) is 6.93. The summed E-state index contributed by atoms with van der Waals surface area (Å²) >= 11 is 0. The normalized spacial score (nSPS) is 9.13. The molecule has 2 N–H and O–H groups in total. The van der Waals surface area contributed by atoms with Crippen molar-refractivity contribution in [3.8, 4) is 0 Å². The summed E-state index contributed by atoms with van der Waals surface area (Å²) in [4.78, 5) is 0. The summed E-state index contributed by atoms with van der Waals surface area (Å²) in [5.41, 5.74) is 11.2. The lowest BCUT2D eigenvalue weighted by Gasteiger charge is -2.08. The lowest BCUT2D eigenvalue weighted by Crippen LogP contribution is -1.94. The summed E-state index contributed by atoms with van der Waals surface area (Å²) in [6.45, 7) is 14.2. The van der Waals surface area contributed by atoms with E-state index in [-0.39, 0.29) is 0 Å². The molecule has 1 nitrogen and oxygen atoms in total. The minimum Gasteiger partial charge on any atom is -0.398 e. The Morgan fingerprint density at radius 2 is 1.67 bits per heavy atom. The number of allylic oxidation sites excluding steroid dienone is 1. The fourth-order valence-electron chi connectivity index (χ4n) is 1.33. The molecule has 84 valence electrons. The SMILES string of the molecule is C=C(C)c1cc(N)c(C)cc1C.CCC. The van der Waals surface area contributed by atoms with Gasteiger partial charge in [0.1, 0.15) is 0 Å². The molecule has 0 aliphatic carbocycles. The number of aryl methyl sites for hydroxylation is 2. The Bertz CT molecular complexity index is 337. The average Bonchev–Trinajstić information content (AvgIpc) is 2.12. The third-order valence-corrected chi connectivity index (χ3v) is 2.07. The molecule has 0 saturated heterocycles. The number of rotatable bonds is 1. The highest BCUT2D eigenvalue weighted by Crippen LogP contribution is 2.22. The molecular formula is C14H23N. The Morgan fingerprint density at radius 1 is 1.20 bits per heavy atom. The molecule has 0 spiro atoms. The summed E-state index contributed by atoms with van der Waals surface area (Å²) in [5, 5.41) is 0. The number of hydrogen-bond acceptors (Lipinski definition) is 1. The fraction of sp³-hybridized carbons (Fsp3) is 0.429. The zero-order valence-corrected chi connectivity index (χ0v) is 10.6. The van der Waals surface area contributed by atoms with Crippen LogP contribution in [-0.2, 0) is 0 Å². The van der Waals surface area contributed by atoms with E-state index in [1.807, 2.05) is 19.9 Å². The number of benzene rings is 1. The van der Waals surface area contributed by atoms with Crippen LogP contribution in [-0.4, -0.2) is 0 Å². The van der Waals surface area contributed by atoms with Crippen LogP contribution in [0, 0.1) is 13.8 Å². The van der Waals surface area contributed by atoms with Crippen molar-refractivity contribution in [1.82, 2.24) is 0 Å². The zero-order chi connectivity index (χ0) is 12.0. The van der Waals surface area contributed by atoms with Gasteiger partial charge in [-0.2, -0.15) is 0 Å². The van der Waals surface area contributed by atoms with Crippen molar-refractivity contribution >= 4 is 11.3 Å². The topological polar surface area (TPSA) is 26.0 Å². The zero-order valence-electron chi connectivity index (χ0n) is 10.6. The van der Waals surface area contributed by atoms with Gasteiger partial charge in [0, 0.05) is 5.69 Å². The molecule has 0 heterocycles. The van der Waals surface area contributed by atoms with E-state index in [0.29, 0.717) is 0 Å². The molecule has 0 amide bonds. The van der Waals surface area contributed by atoms with Gasteiger partial charge < -0.3 is 5.73 Å². The van der Waals surface area contributed by atoms with E-state index in [1.165, 1.54) is 12.0 Å². The van der Waals surface area contributed by atoms with Crippen LogP contribution in [0.15, 0.2) is 18.7 Å². The lowest BCUT2D eigenvalue weighted by molar-refractivity contribution is 1.09. The second-order valence-electron chi connectivity index (χ2n) is 4.01. The van der Waals surface area contributed by atoms with Gasteiger partial charge in [0.05, 0.1) is 0 Å². The Hall–Kier alpha value is -1.24. The second kappa shape index (κ2) is 6.28. The van der Waals surface area contributed by atoms with E-state index in [0.717, 1.165) is 22.4 Å². The van der Waals surface area contributed by atoms with Crippen LogP contribution in [0.25, 0.3) is 5.57 Å². The highest BCUT2D eigenvalue weighted by atomic mass is 14.6. The largest absolute Gasteiger partial charge is 0.398 e. The van der Waals surface area contributed by atoms with Crippen LogP contribution in [0.4, 0.5) is 5.69 Å². The van der Waals surface area contributed by atoms with E-state index in [4.69, 9.17) is 5.73 Å². The van der Waals surface area contributed by atoms with E-state index < -0.39 is 0 Å². The van der Waals surface area contributed by atoms with Gasteiger partial charge in [0.15, 0.2) is 0 Å². The molecule has 0 aromatic heterocycles. The van der Waals surface area contributed by atoms with Crippen molar-refractivity contribution in [3.05, 3.63) is 35.4 Å². The molecule has 0 atom stereocenters. The molecule has 1 heteroatoms. The number of nitrogens with two attached hydrogens (primary N) is 1. The van der Waals surface area contributed by atoms with Crippen molar-refractivity contribution in [2.45, 2.75) is 41.0 Å². The summed E-state index contributed by atoms with van der Waals surface area (Å²) in [6, 6.07) is 4.09. The summed E-state index contributed by atoms with van der Waals surface area (Å²) in [7, 11) is 0. The van der Waals surface area contributed by atoms with E-state index in [9.17, 15) is 0 Å². The predicted octanol–water partition coefficient (Wildman–Crippen LogP) is 4.34. The first-order valence-electron chi connectivity index (χ1n) is 5.46. The van der Waals surface area contributed by atoms with Crippen LogP contribution in [0.3, 0.4) is 0 Å². The Labute approximate surface area is 94.0 Å². The first kappa shape index (κ1) is 13.8. The molecule has 1 aromatic rings. The number of nitrogen functional groups attached to an aromatic ring is 1. The number of anilines is 1. The van der Waals surface area contributed by atoms with Crippen LogP contribution in [0.1, 0.15) is 43.9 Å². The van der Waals surface area contributed by atoms with E-state index in [1.54, 1.807) is 0 Å². The molecule has 1 aromatic carbocycles. The molecule has 0 radical (unpaired) electrons. The number of hydrogen-bond donors (Lipinski definition) is 1. The van der Waals surface area contributed by atoms with Gasteiger partial charge in [-0.1, -0.05) is 38.5 Å². The van der Waals surface area contributed by atoms with E-state index >= 15 is 0 Å². The van der Waals surface area contributed by atoms with Crippen LogP contribution >= 0.6 is 0 Å². The monoisotopic (exact) mass is 205 g/mol. The Morgan fingerprint density at radius 3 is 2.07 bits per heavy atom. The van der Waals surface area contributed by atoms with Crippen LogP contribution in [0.5, 0.6) is 0 Å². The minimum atomic E-state index is 0.846. The van der Waals surface area contributed by atoms with Crippen molar-refractivity contribution in [2.75, 3.05) is 5.73 Å².